The smallest absolute Gasteiger partial charge is 0.125 e. The van der Waals surface area contributed by atoms with Crippen LogP contribution in [0.15, 0.2) is 18.3 Å². The van der Waals surface area contributed by atoms with Crippen molar-refractivity contribution in [2.75, 3.05) is 6.54 Å². The second-order valence-corrected chi connectivity index (χ2v) is 5.09. The SMILES string of the molecule is Cc1ccc(-c2nc3c(s2)CNCC3)cn1. The van der Waals surface area contributed by atoms with Crippen LogP contribution in [0.3, 0.4) is 0 Å². The van der Waals surface area contributed by atoms with Gasteiger partial charge in [-0.2, -0.15) is 0 Å². The summed E-state index contributed by atoms with van der Waals surface area (Å²) in [5, 5.41) is 4.47. The van der Waals surface area contributed by atoms with E-state index in [1.165, 1.54) is 10.6 Å². The molecule has 0 unspecified atom stereocenters. The molecule has 2 aromatic rings. The molecule has 1 aliphatic rings. The van der Waals surface area contributed by atoms with E-state index in [1.807, 2.05) is 19.2 Å². The largest absolute Gasteiger partial charge is 0.311 e. The van der Waals surface area contributed by atoms with Gasteiger partial charge in [0.15, 0.2) is 0 Å². The van der Waals surface area contributed by atoms with Gasteiger partial charge in [-0.15, -0.1) is 11.3 Å². The van der Waals surface area contributed by atoms with E-state index in [2.05, 4.69) is 21.4 Å². The summed E-state index contributed by atoms with van der Waals surface area (Å²) >= 11 is 1.78. The summed E-state index contributed by atoms with van der Waals surface area (Å²) in [5.41, 5.74) is 3.44. The molecule has 0 aliphatic carbocycles. The average Bonchev–Trinajstić information content (AvgIpc) is 2.73. The lowest BCUT2D eigenvalue weighted by atomic mass is 10.2. The molecule has 2 aromatic heterocycles. The zero-order valence-electron chi connectivity index (χ0n) is 9.16. The Morgan fingerprint density at radius 3 is 3.06 bits per heavy atom. The van der Waals surface area contributed by atoms with Crippen LogP contribution >= 0.6 is 11.3 Å². The quantitative estimate of drug-likeness (QED) is 0.817. The van der Waals surface area contributed by atoms with Gasteiger partial charge >= 0.3 is 0 Å². The fraction of sp³-hybridized carbons (Fsp3) is 0.333. The number of aryl methyl sites for hydroxylation is 1. The fourth-order valence-electron chi connectivity index (χ4n) is 1.84. The van der Waals surface area contributed by atoms with Gasteiger partial charge in [0.2, 0.25) is 0 Å². The van der Waals surface area contributed by atoms with E-state index in [4.69, 9.17) is 0 Å². The normalized spacial score (nSPS) is 14.8. The number of nitrogens with zero attached hydrogens (tertiary/aromatic N) is 2. The maximum Gasteiger partial charge on any atom is 0.125 e. The Labute approximate surface area is 98.6 Å². The van der Waals surface area contributed by atoms with Gasteiger partial charge in [0.1, 0.15) is 5.01 Å². The van der Waals surface area contributed by atoms with Crippen molar-refractivity contribution in [2.24, 2.45) is 0 Å². The number of hydrogen-bond acceptors (Lipinski definition) is 4. The molecule has 1 N–H and O–H groups in total. The Kier molecular flexibility index (Phi) is 2.46. The summed E-state index contributed by atoms with van der Waals surface area (Å²) in [7, 11) is 0. The van der Waals surface area contributed by atoms with E-state index in [1.54, 1.807) is 11.3 Å². The highest BCUT2D eigenvalue weighted by atomic mass is 32.1. The van der Waals surface area contributed by atoms with Gasteiger partial charge in [0, 0.05) is 41.8 Å². The molecule has 16 heavy (non-hydrogen) atoms. The van der Waals surface area contributed by atoms with Crippen LogP contribution in [0, 0.1) is 6.92 Å². The monoisotopic (exact) mass is 231 g/mol. The predicted molar refractivity (Wildman–Crippen MR) is 65.5 cm³/mol. The molecule has 3 nitrogen and oxygen atoms in total. The maximum atomic E-state index is 4.69. The van der Waals surface area contributed by atoms with Gasteiger partial charge in [-0.05, 0) is 19.1 Å². The lowest BCUT2D eigenvalue weighted by Gasteiger charge is -2.09. The first-order chi connectivity index (χ1) is 7.83. The Hall–Kier alpha value is -1.26. The van der Waals surface area contributed by atoms with E-state index in [0.29, 0.717) is 0 Å². The molecule has 3 heterocycles. The summed E-state index contributed by atoms with van der Waals surface area (Å²) in [6, 6.07) is 4.13. The first-order valence-corrected chi connectivity index (χ1v) is 6.27. The Bertz CT molecular complexity index is 478. The summed E-state index contributed by atoms with van der Waals surface area (Å²) in [6.45, 7) is 4.01. The van der Waals surface area contributed by atoms with Crippen molar-refractivity contribution < 1.29 is 0 Å². The molecule has 0 bridgehead atoms. The van der Waals surface area contributed by atoms with Gasteiger partial charge in [-0.25, -0.2) is 4.98 Å². The molecule has 4 heteroatoms. The number of rotatable bonds is 1. The zero-order valence-corrected chi connectivity index (χ0v) is 9.97. The van der Waals surface area contributed by atoms with Gasteiger partial charge in [-0.1, -0.05) is 0 Å². The molecule has 0 fully saturated rings. The van der Waals surface area contributed by atoms with Crippen LogP contribution in [-0.2, 0) is 13.0 Å². The maximum absolute atomic E-state index is 4.69. The van der Waals surface area contributed by atoms with E-state index in [-0.39, 0.29) is 0 Å². The molecule has 82 valence electrons. The first-order valence-electron chi connectivity index (χ1n) is 5.45. The summed E-state index contributed by atoms with van der Waals surface area (Å²) in [4.78, 5) is 10.4. The van der Waals surface area contributed by atoms with Crippen LogP contribution < -0.4 is 5.32 Å². The van der Waals surface area contributed by atoms with E-state index < -0.39 is 0 Å². The summed E-state index contributed by atoms with van der Waals surface area (Å²) in [5.74, 6) is 0. The minimum Gasteiger partial charge on any atom is -0.311 e. The lowest BCUT2D eigenvalue weighted by molar-refractivity contribution is 0.644. The third-order valence-electron chi connectivity index (χ3n) is 2.76. The van der Waals surface area contributed by atoms with E-state index in [0.717, 1.165) is 35.8 Å². The van der Waals surface area contributed by atoms with Crippen LogP contribution in [0.5, 0.6) is 0 Å². The minimum absolute atomic E-state index is 0.965. The highest BCUT2D eigenvalue weighted by Gasteiger charge is 2.15. The molecular formula is C12H13N3S. The van der Waals surface area contributed by atoms with Crippen LogP contribution in [-0.4, -0.2) is 16.5 Å². The van der Waals surface area contributed by atoms with Crippen LogP contribution in [0.1, 0.15) is 16.3 Å². The number of nitrogens with one attached hydrogen (secondary N) is 1. The van der Waals surface area contributed by atoms with Gasteiger partial charge in [0.05, 0.1) is 5.69 Å². The average molecular weight is 231 g/mol. The van der Waals surface area contributed by atoms with Crippen molar-refractivity contribution >= 4 is 11.3 Å². The first kappa shape index (κ1) is 9.93. The predicted octanol–water partition coefficient (Wildman–Crippen LogP) is 2.16. The Morgan fingerprint density at radius 1 is 1.38 bits per heavy atom. The zero-order chi connectivity index (χ0) is 11.0. The van der Waals surface area contributed by atoms with E-state index >= 15 is 0 Å². The lowest BCUT2D eigenvalue weighted by Crippen LogP contribution is -2.22. The summed E-state index contributed by atoms with van der Waals surface area (Å²) < 4.78 is 0. The third-order valence-corrected chi connectivity index (χ3v) is 3.91. The number of aromatic nitrogens is 2. The topological polar surface area (TPSA) is 37.8 Å². The molecule has 1 aliphatic heterocycles. The van der Waals surface area contributed by atoms with Crippen LogP contribution in [0.25, 0.3) is 10.6 Å². The van der Waals surface area contributed by atoms with Crippen molar-refractivity contribution in [1.82, 2.24) is 15.3 Å². The third kappa shape index (κ3) is 1.74. The second kappa shape index (κ2) is 3.96. The molecule has 0 spiro atoms. The van der Waals surface area contributed by atoms with Gasteiger partial charge < -0.3 is 5.32 Å². The fourth-order valence-corrected chi connectivity index (χ4v) is 2.91. The molecular weight excluding hydrogens is 218 g/mol. The number of pyridine rings is 1. The Morgan fingerprint density at radius 2 is 2.31 bits per heavy atom. The molecule has 0 aromatic carbocycles. The highest BCUT2D eigenvalue weighted by molar-refractivity contribution is 7.15. The summed E-state index contributed by atoms with van der Waals surface area (Å²) in [6.07, 6.45) is 2.96. The van der Waals surface area contributed by atoms with Crippen LogP contribution in [0.4, 0.5) is 0 Å². The number of fused-ring (bicyclic) bond motifs is 1. The van der Waals surface area contributed by atoms with Crippen molar-refractivity contribution in [1.29, 1.82) is 0 Å². The van der Waals surface area contributed by atoms with Gasteiger partial charge in [0.25, 0.3) is 0 Å². The highest BCUT2D eigenvalue weighted by Crippen LogP contribution is 2.29. The van der Waals surface area contributed by atoms with Crippen molar-refractivity contribution in [3.8, 4) is 10.6 Å². The van der Waals surface area contributed by atoms with Crippen LogP contribution in [0.2, 0.25) is 0 Å². The Balaban J connectivity index is 2.00. The van der Waals surface area contributed by atoms with E-state index in [9.17, 15) is 0 Å². The number of thiazole rings is 1. The molecule has 0 radical (unpaired) electrons. The van der Waals surface area contributed by atoms with Crippen molar-refractivity contribution in [3.63, 3.8) is 0 Å². The van der Waals surface area contributed by atoms with Crippen molar-refractivity contribution in [2.45, 2.75) is 19.9 Å². The standard InChI is InChI=1S/C12H13N3S/c1-8-2-3-9(6-14-8)12-15-10-4-5-13-7-11(10)16-12/h2-3,6,13H,4-5,7H2,1H3. The molecule has 0 amide bonds. The minimum atomic E-state index is 0.965. The molecule has 3 rings (SSSR count). The number of hydrogen-bond donors (Lipinski definition) is 1. The second-order valence-electron chi connectivity index (χ2n) is 4.00. The van der Waals surface area contributed by atoms with Crippen molar-refractivity contribution in [3.05, 3.63) is 34.6 Å². The molecule has 0 saturated carbocycles. The van der Waals surface area contributed by atoms with Gasteiger partial charge in [-0.3, -0.25) is 4.98 Å². The molecule has 0 saturated heterocycles. The molecule has 0 atom stereocenters.